The molecule has 19 heavy (non-hydrogen) atoms. The van der Waals surface area contributed by atoms with E-state index in [0.717, 1.165) is 41.7 Å². The molecule has 0 bridgehead atoms. The Hall–Kier alpha value is -1.32. The summed E-state index contributed by atoms with van der Waals surface area (Å²) in [5, 5.41) is 4.87. The number of aromatic nitrogens is 1. The normalized spacial score (nSPS) is 16.7. The highest BCUT2D eigenvalue weighted by molar-refractivity contribution is 6.30. The van der Waals surface area contributed by atoms with Crippen LogP contribution in [0.1, 0.15) is 25.0 Å². The van der Waals surface area contributed by atoms with Crippen LogP contribution < -0.4 is 0 Å². The Kier molecular flexibility index (Phi) is 3.85. The van der Waals surface area contributed by atoms with Gasteiger partial charge in [0.25, 0.3) is 0 Å². The number of halogens is 1. The fraction of sp³-hybridized carbons (Fsp3) is 0.400. The first-order valence-corrected chi connectivity index (χ1v) is 7.13. The summed E-state index contributed by atoms with van der Waals surface area (Å²) < 4.78 is 5.43. The lowest BCUT2D eigenvalue weighted by molar-refractivity contribution is 0.197. The summed E-state index contributed by atoms with van der Waals surface area (Å²) >= 11 is 5.88. The fourth-order valence-electron chi connectivity index (χ4n) is 2.48. The van der Waals surface area contributed by atoms with Crippen molar-refractivity contribution in [2.24, 2.45) is 0 Å². The van der Waals surface area contributed by atoms with Crippen molar-refractivity contribution in [3.05, 3.63) is 41.1 Å². The smallest absolute Gasteiger partial charge is 0.151 e. The summed E-state index contributed by atoms with van der Waals surface area (Å²) in [4.78, 5) is 2.43. The van der Waals surface area contributed by atoms with Crippen LogP contribution in [0.4, 0.5) is 0 Å². The Morgan fingerprint density at radius 1 is 1.11 bits per heavy atom. The number of nitrogens with zero attached hydrogens (tertiary/aromatic N) is 2. The van der Waals surface area contributed by atoms with Crippen LogP contribution in [0.15, 0.2) is 34.9 Å². The maximum atomic E-state index is 5.88. The Labute approximate surface area is 118 Å². The molecule has 0 radical (unpaired) electrons. The van der Waals surface area contributed by atoms with E-state index in [4.69, 9.17) is 16.1 Å². The number of hydrogen-bond acceptors (Lipinski definition) is 3. The standard InChI is InChI=1S/C15H17ClN2O/c16-13-6-4-12(5-7-13)15-10-14(19-17-15)11-18-8-2-1-3-9-18/h4-7,10H,1-3,8-9,11H2. The van der Waals surface area contributed by atoms with Crippen molar-refractivity contribution in [3.8, 4) is 11.3 Å². The lowest BCUT2D eigenvalue weighted by atomic mass is 10.1. The first-order chi connectivity index (χ1) is 9.31. The summed E-state index contributed by atoms with van der Waals surface area (Å²) in [5.74, 6) is 0.937. The van der Waals surface area contributed by atoms with Crippen LogP contribution in [0, 0.1) is 0 Å². The van der Waals surface area contributed by atoms with E-state index in [-0.39, 0.29) is 0 Å². The van der Waals surface area contributed by atoms with Crippen LogP contribution in [-0.2, 0) is 6.54 Å². The van der Waals surface area contributed by atoms with Crippen molar-refractivity contribution < 1.29 is 4.52 Å². The second-order valence-electron chi connectivity index (χ2n) is 5.02. The molecule has 1 aromatic heterocycles. The van der Waals surface area contributed by atoms with Gasteiger partial charge in [-0.05, 0) is 38.1 Å². The Balaban J connectivity index is 1.70. The van der Waals surface area contributed by atoms with Crippen LogP contribution >= 0.6 is 11.6 Å². The van der Waals surface area contributed by atoms with Crippen molar-refractivity contribution in [1.82, 2.24) is 10.1 Å². The number of piperidine rings is 1. The van der Waals surface area contributed by atoms with Crippen molar-refractivity contribution >= 4 is 11.6 Å². The van der Waals surface area contributed by atoms with E-state index in [1.54, 1.807) is 0 Å². The molecule has 0 saturated carbocycles. The molecule has 0 unspecified atom stereocenters. The lowest BCUT2D eigenvalue weighted by Gasteiger charge is -2.24. The third kappa shape index (κ3) is 3.17. The minimum absolute atomic E-state index is 0.737. The predicted molar refractivity (Wildman–Crippen MR) is 76.1 cm³/mol. The third-order valence-corrected chi connectivity index (χ3v) is 3.78. The van der Waals surface area contributed by atoms with Gasteiger partial charge in [0, 0.05) is 16.7 Å². The highest BCUT2D eigenvalue weighted by Crippen LogP contribution is 2.22. The van der Waals surface area contributed by atoms with Gasteiger partial charge in [-0.2, -0.15) is 0 Å². The summed E-state index contributed by atoms with van der Waals surface area (Å²) in [7, 11) is 0. The van der Waals surface area contributed by atoms with E-state index in [1.165, 1.54) is 19.3 Å². The number of rotatable bonds is 3. The maximum Gasteiger partial charge on any atom is 0.151 e. The SMILES string of the molecule is Clc1ccc(-c2cc(CN3CCCCC3)on2)cc1. The molecule has 0 spiro atoms. The van der Waals surface area contributed by atoms with E-state index in [0.29, 0.717) is 0 Å². The summed E-state index contributed by atoms with van der Waals surface area (Å²) in [6.07, 6.45) is 3.93. The minimum atomic E-state index is 0.737. The van der Waals surface area contributed by atoms with Gasteiger partial charge in [-0.15, -0.1) is 0 Å². The minimum Gasteiger partial charge on any atom is -0.359 e. The zero-order valence-corrected chi connectivity index (χ0v) is 11.6. The van der Waals surface area contributed by atoms with Gasteiger partial charge in [-0.25, -0.2) is 0 Å². The lowest BCUT2D eigenvalue weighted by Crippen LogP contribution is -2.28. The molecule has 0 atom stereocenters. The molecule has 1 aliphatic heterocycles. The topological polar surface area (TPSA) is 29.3 Å². The van der Waals surface area contributed by atoms with Gasteiger partial charge >= 0.3 is 0 Å². The number of hydrogen-bond donors (Lipinski definition) is 0. The molecule has 0 amide bonds. The van der Waals surface area contributed by atoms with Gasteiger partial charge < -0.3 is 4.52 Å². The first kappa shape index (κ1) is 12.7. The van der Waals surface area contributed by atoms with E-state index in [1.807, 2.05) is 30.3 Å². The molecule has 1 fully saturated rings. The Bertz CT molecular complexity index is 529. The van der Waals surface area contributed by atoms with Crippen molar-refractivity contribution in [3.63, 3.8) is 0 Å². The fourth-order valence-corrected chi connectivity index (χ4v) is 2.61. The number of likely N-dealkylation sites (tertiary alicyclic amines) is 1. The highest BCUT2D eigenvalue weighted by Gasteiger charge is 2.13. The largest absolute Gasteiger partial charge is 0.359 e. The van der Waals surface area contributed by atoms with Crippen molar-refractivity contribution in [2.45, 2.75) is 25.8 Å². The zero-order valence-electron chi connectivity index (χ0n) is 10.8. The molecule has 0 aliphatic carbocycles. The van der Waals surface area contributed by atoms with Gasteiger partial charge in [0.15, 0.2) is 5.76 Å². The summed E-state index contributed by atoms with van der Waals surface area (Å²) in [6.45, 7) is 3.19. The average molecular weight is 277 g/mol. The second-order valence-corrected chi connectivity index (χ2v) is 5.46. The van der Waals surface area contributed by atoms with Crippen molar-refractivity contribution in [2.75, 3.05) is 13.1 Å². The Morgan fingerprint density at radius 2 is 1.84 bits per heavy atom. The van der Waals surface area contributed by atoms with Crippen LogP contribution in [0.2, 0.25) is 5.02 Å². The van der Waals surface area contributed by atoms with E-state index in [2.05, 4.69) is 10.1 Å². The molecule has 2 heterocycles. The van der Waals surface area contributed by atoms with Crippen molar-refractivity contribution in [1.29, 1.82) is 0 Å². The van der Waals surface area contributed by atoms with Gasteiger partial charge in [0.2, 0.25) is 0 Å². The first-order valence-electron chi connectivity index (χ1n) is 6.75. The average Bonchev–Trinajstić information content (AvgIpc) is 2.89. The molecule has 1 saturated heterocycles. The van der Waals surface area contributed by atoms with Crippen LogP contribution in [-0.4, -0.2) is 23.1 Å². The molecular weight excluding hydrogens is 260 g/mol. The van der Waals surface area contributed by atoms with Gasteiger partial charge in [-0.1, -0.05) is 35.3 Å². The van der Waals surface area contributed by atoms with Crippen LogP contribution in [0.5, 0.6) is 0 Å². The highest BCUT2D eigenvalue weighted by atomic mass is 35.5. The summed E-state index contributed by atoms with van der Waals surface area (Å²) in [6, 6.07) is 9.69. The molecule has 1 aromatic carbocycles. The van der Waals surface area contributed by atoms with E-state index < -0.39 is 0 Å². The third-order valence-electron chi connectivity index (χ3n) is 3.53. The quantitative estimate of drug-likeness (QED) is 0.849. The predicted octanol–water partition coefficient (Wildman–Crippen LogP) is 3.98. The second kappa shape index (κ2) is 5.76. The molecule has 100 valence electrons. The van der Waals surface area contributed by atoms with Gasteiger partial charge in [0.1, 0.15) is 5.69 Å². The van der Waals surface area contributed by atoms with Crippen LogP contribution in [0.3, 0.4) is 0 Å². The van der Waals surface area contributed by atoms with Gasteiger partial charge in [-0.3, -0.25) is 4.90 Å². The maximum absolute atomic E-state index is 5.88. The van der Waals surface area contributed by atoms with E-state index >= 15 is 0 Å². The molecule has 3 nitrogen and oxygen atoms in total. The molecule has 2 aromatic rings. The molecule has 3 rings (SSSR count). The molecule has 4 heteroatoms. The zero-order chi connectivity index (χ0) is 13.1. The summed E-state index contributed by atoms with van der Waals surface area (Å²) in [5.41, 5.74) is 1.92. The monoisotopic (exact) mass is 276 g/mol. The Morgan fingerprint density at radius 3 is 2.58 bits per heavy atom. The van der Waals surface area contributed by atoms with Gasteiger partial charge in [0.05, 0.1) is 6.54 Å². The molecule has 1 aliphatic rings. The molecule has 0 N–H and O–H groups in total. The number of benzene rings is 1. The van der Waals surface area contributed by atoms with E-state index in [9.17, 15) is 0 Å². The van der Waals surface area contributed by atoms with Crippen LogP contribution in [0.25, 0.3) is 11.3 Å². The molecular formula is C15H17ClN2O.